The van der Waals surface area contributed by atoms with Crippen LogP contribution < -0.4 is 5.32 Å². The molecule has 24 heavy (non-hydrogen) atoms. The highest BCUT2D eigenvalue weighted by Gasteiger charge is 2.24. The number of fused-ring (bicyclic) bond motifs is 1. The lowest BCUT2D eigenvalue weighted by molar-refractivity contribution is -0.126. The molecule has 0 radical (unpaired) electrons. The fourth-order valence-corrected chi connectivity index (χ4v) is 3.65. The number of rotatable bonds is 6. The van der Waals surface area contributed by atoms with Crippen molar-refractivity contribution in [2.24, 2.45) is 0 Å². The molecule has 1 atom stereocenters. The van der Waals surface area contributed by atoms with Gasteiger partial charge in [-0.2, -0.15) is 0 Å². The molecular formula is C19H23N3OS. The molecule has 0 saturated heterocycles. The molecule has 3 rings (SSSR count). The molecule has 0 aliphatic carbocycles. The summed E-state index contributed by atoms with van der Waals surface area (Å²) in [6, 6.07) is 14.3. The van der Waals surface area contributed by atoms with Crippen LogP contribution in [0.5, 0.6) is 0 Å². The molecule has 1 N–H and O–H groups in total. The second-order valence-electron chi connectivity index (χ2n) is 5.97. The zero-order chi connectivity index (χ0) is 16.8. The van der Waals surface area contributed by atoms with Gasteiger partial charge in [0.05, 0.1) is 11.1 Å². The Bertz CT molecular complexity index is 677. The zero-order valence-electron chi connectivity index (χ0n) is 13.9. The van der Waals surface area contributed by atoms with Crippen LogP contribution in [0, 0.1) is 0 Å². The van der Waals surface area contributed by atoms with Crippen LogP contribution in [0.4, 0.5) is 0 Å². The molecule has 1 aromatic heterocycles. The van der Waals surface area contributed by atoms with E-state index in [0.717, 1.165) is 30.3 Å². The molecular weight excluding hydrogens is 318 g/mol. The number of pyridine rings is 1. The van der Waals surface area contributed by atoms with Crippen LogP contribution in [0.2, 0.25) is 0 Å². The van der Waals surface area contributed by atoms with Crippen molar-refractivity contribution in [1.82, 2.24) is 15.2 Å². The molecule has 2 heterocycles. The maximum Gasteiger partial charge on any atom is 0.237 e. The van der Waals surface area contributed by atoms with E-state index in [1.807, 2.05) is 25.1 Å². The Balaban J connectivity index is 1.44. The van der Waals surface area contributed by atoms with Crippen LogP contribution in [0.25, 0.3) is 0 Å². The Labute approximate surface area is 147 Å². The van der Waals surface area contributed by atoms with E-state index in [2.05, 4.69) is 39.5 Å². The minimum Gasteiger partial charge on any atom is -0.354 e. The van der Waals surface area contributed by atoms with Gasteiger partial charge in [0.15, 0.2) is 0 Å². The lowest BCUT2D eigenvalue weighted by Crippen LogP contribution is -2.47. The maximum absolute atomic E-state index is 12.4. The van der Waals surface area contributed by atoms with Crippen LogP contribution in [0.3, 0.4) is 0 Å². The molecule has 0 bridgehead atoms. The second-order valence-corrected chi connectivity index (χ2v) is 7.09. The van der Waals surface area contributed by atoms with Gasteiger partial charge in [-0.15, -0.1) is 11.8 Å². The molecule has 0 saturated carbocycles. The van der Waals surface area contributed by atoms with Crippen molar-refractivity contribution < 1.29 is 4.79 Å². The standard InChI is InChI=1S/C19H23N3OS/c1-15(22-12-9-16-6-2-3-7-17(16)14-22)19(23)21-11-13-24-18-8-4-5-10-20-18/h2-8,10,15H,9,11-14H2,1H3,(H,21,23)/t15-/m1/s1. The SMILES string of the molecule is C[C@H](C(=O)NCCSc1ccccn1)N1CCc2ccccc2C1. The molecule has 126 valence electrons. The highest BCUT2D eigenvalue weighted by Crippen LogP contribution is 2.20. The number of hydrogen-bond donors (Lipinski definition) is 1. The van der Waals surface area contributed by atoms with Gasteiger partial charge in [-0.3, -0.25) is 9.69 Å². The minimum atomic E-state index is -0.0989. The smallest absolute Gasteiger partial charge is 0.237 e. The fraction of sp³-hybridized carbons (Fsp3) is 0.368. The average Bonchev–Trinajstić information content (AvgIpc) is 2.65. The van der Waals surface area contributed by atoms with E-state index < -0.39 is 0 Å². The number of nitrogens with zero attached hydrogens (tertiary/aromatic N) is 2. The summed E-state index contributed by atoms with van der Waals surface area (Å²) < 4.78 is 0. The van der Waals surface area contributed by atoms with Crippen LogP contribution >= 0.6 is 11.8 Å². The van der Waals surface area contributed by atoms with Gasteiger partial charge in [-0.05, 0) is 36.6 Å². The number of aromatic nitrogens is 1. The topological polar surface area (TPSA) is 45.2 Å². The number of thioether (sulfide) groups is 1. The Morgan fingerprint density at radius 3 is 2.83 bits per heavy atom. The van der Waals surface area contributed by atoms with Crippen LogP contribution in [-0.2, 0) is 17.8 Å². The average molecular weight is 341 g/mol. The lowest BCUT2D eigenvalue weighted by Gasteiger charge is -2.32. The maximum atomic E-state index is 12.4. The van der Waals surface area contributed by atoms with Crippen LogP contribution in [0.1, 0.15) is 18.1 Å². The van der Waals surface area contributed by atoms with E-state index in [0.29, 0.717) is 6.54 Å². The number of benzene rings is 1. The van der Waals surface area contributed by atoms with Crippen LogP contribution in [0.15, 0.2) is 53.7 Å². The van der Waals surface area contributed by atoms with Gasteiger partial charge in [0, 0.05) is 31.6 Å². The minimum absolute atomic E-state index is 0.0989. The molecule has 0 unspecified atom stereocenters. The lowest BCUT2D eigenvalue weighted by atomic mass is 9.99. The van der Waals surface area contributed by atoms with Crippen molar-refractivity contribution in [1.29, 1.82) is 0 Å². The summed E-state index contributed by atoms with van der Waals surface area (Å²) in [6.07, 6.45) is 2.81. The quantitative estimate of drug-likeness (QED) is 0.648. The molecule has 1 aliphatic heterocycles. The molecule has 1 aliphatic rings. The van der Waals surface area contributed by atoms with Crippen LogP contribution in [-0.4, -0.2) is 40.7 Å². The summed E-state index contributed by atoms with van der Waals surface area (Å²) in [5.41, 5.74) is 2.75. The van der Waals surface area contributed by atoms with E-state index in [1.165, 1.54) is 11.1 Å². The second kappa shape index (κ2) is 8.31. The van der Waals surface area contributed by atoms with Gasteiger partial charge < -0.3 is 5.32 Å². The van der Waals surface area contributed by atoms with Crippen molar-refractivity contribution in [3.8, 4) is 0 Å². The number of carbonyl (C=O) groups excluding carboxylic acids is 1. The molecule has 1 amide bonds. The first-order valence-electron chi connectivity index (χ1n) is 8.36. The van der Waals surface area contributed by atoms with E-state index in [9.17, 15) is 4.79 Å². The van der Waals surface area contributed by atoms with E-state index in [1.54, 1.807) is 18.0 Å². The van der Waals surface area contributed by atoms with Gasteiger partial charge in [0.25, 0.3) is 0 Å². The molecule has 0 fully saturated rings. The summed E-state index contributed by atoms with van der Waals surface area (Å²) in [7, 11) is 0. The molecule has 1 aromatic carbocycles. The van der Waals surface area contributed by atoms with Gasteiger partial charge in [-0.1, -0.05) is 30.3 Å². The third kappa shape index (κ3) is 4.36. The summed E-state index contributed by atoms with van der Waals surface area (Å²) >= 11 is 1.66. The first kappa shape index (κ1) is 17.0. The largest absolute Gasteiger partial charge is 0.354 e. The number of amides is 1. The van der Waals surface area contributed by atoms with E-state index in [4.69, 9.17) is 0 Å². The summed E-state index contributed by atoms with van der Waals surface area (Å²) in [4.78, 5) is 18.9. The van der Waals surface area contributed by atoms with Gasteiger partial charge in [-0.25, -0.2) is 4.98 Å². The van der Waals surface area contributed by atoms with Crippen molar-refractivity contribution >= 4 is 17.7 Å². The Morgan fingerprint density at radius 2 is 2.04 bits per heavy atom. The highest BCUT2D eigenvalue weighted by molar-refractivity contribution is 7.99. The Morgan fingerprint density at radius 1 is 1.25 bits per heavy atom. The molecule has 0 spiro atoms. The first-order valence-corrected chi connectivity index (χ1v) is 9.35. The highest BCUT2D eigenvalue weighted by atomic mass is 32.2. The van der Waals surface area contributed by atoms with Crippen molar-refractivity contribution in [2.45, 2.75) is 31.0 Å². The number of hydrogen-bond acceptors (Lipinski definition) is 4. The predicted molar refractivity (Wildman–Crippen MR) is 98.0 cm³/mol. The third-order valence-corrected chi connectivity index (χ3v) is 5.32. The zero-order valence-corrected chi connectivity index (χ0v) is 14.8. The van der Waals surface area contributed by atoms with Crippen molar-refractivity contribution in [3.05, 3.63) is 59.8 Å². The normalized spacial score (nSPS) is 15.5. The molecule has 4 nitrogen and oxygen atoms in total. The Hall–Kier alpha value is -1.85. The third-order valence-electron chi connectivity index (χ3n) is 4.38. The van der Waals surface area contributed by atoms with Crippen molar-refractivity contribution in [2.75, 3.05) is 18.8 Å². The van der Waals surface area contributed by atoms with Gasteiger partial charge in [0.2, 0.25) is 5.91 Å². The molecule has 2 aromatic rings. The number of nitrogens with one attached hydrogen (secondary N) is 1. The van der Waals surface area contributed by atoms with E-state index in [-0.39, 0.29) is 11.9 Å². The summed E-state index contributed by atoms with van der Waals surface area (Å²) in [5.74, 6) is 0.939. The summed E-state index contributed by atoms with van der Waals surface area (Å²) in [6.45, 7) is 4.45. The number of carbonyl (C=O) groups is 1. The Kier molecular flexibility index (Phi) is 5.88. The fourth-order valence-electron chi connectivity index (χ4n) is 2.92. The monoisotopic (exact) mass is 341 g/mol. The summed E-state index contributed by atoms with van der Waals surface area (Å²) in [5, 5.41) is 4.04. The van der Waals surface area contributed by atoms with E-state index >= 15 is 0 Å². The van der Waals surface area contributed by atoms with Gasteiger partial charge >= 0.3 is 0 Å². The first-order chi connectivity index (χ1) is 11.7. The molecule has 5 heteroatoms. The van der Waals surface area contributed by atoms with Gasteiger partial charge in [0.1, 0.15) is 0 Å². The van der Waals surface area contributed by atoms with Crippen molar-refractivity contribution in [3.63, 3.8) is 0 Å². The predicted octanol–water partition coefficient (Wildman–Crippen LogP) is 2.74.